The number of carbonyl (C=O) groups is 1. The summed E-state index contributed by atoms with van der Waals surface area (Å²) in [6, 6.07) is 0.650. The van der Waals surface area contributed by atoms with Crippen molar-refractivity contribution in [3.8, 4) is 0 Å². The quantitative estimate of drug-likeness (QED) is 0.772. The Morgan fingerprint density at radius 1 is 1.04 bits per heavy atom. The van der Waals surface area contributed by atoms with Crippen molar-refractivity contribution in [1.82, 2.24) is 9.80 Å². The van der Waals surface area contributed by atoms with E-state index in [1.807, 2.05) is 4.90 Å². The molecule has 0 aromatic carbocycles. The highest BCUT2D eigenvalue weighted by atomic mass is 16.5. The van der Waals surface area contributed by atoms with Gasteiger partial charge in [-0.2, -0.15) is 0 Å². The molecule has 1 atom stereocenters. The molecule has 5 nitrogen and oxygen atoms in total. The van der Waals surface area contributed by atoms with Gasteiger partial charge in [-0.15, -0.1) is 0 Å². The molecule has 0 spiro atoms. The van der Waals surface area contributed by atoms with Gasteiger partial charge in [0.2, 0.25) is 0 Å². The molecule has 1 saturated carbocycles. The number of amides is 1. The SMILES string of the molecule is CC[C@@H](OC1CCCCC1)C(=O)N1CCN(C2CCOCC2)CC1. The van der Waals surface area contributed by atoms with Crippen LogP contribution in [0.25, 0.3) is 0 Å². The monoisotopic (exact) mass is 338 g/mol. The van der Waals surface area contributed by atoms with E-state index in [0.29, 0.717) is 12.1 Å². The second kappa shape index (κ2) is 9.16. The summed E-state index contributed by atoms with van der Waals surface area (Å²) in [5, 5.41) is 0. The fourth-order valence-corrected chi connectivity index (χ4v) is 4.32. The van der Waals surface area contributed by atoms with E-state index in [1.54, 1.807) is 0 Å². The minimum absolute atomic E-state index is 0.217. The lowest BCUT2D eigenvalue weighted by Gasteiger charge is -2.41. The summed E-state index contributed by atoms with van der Waals surface area (Å²) in [5.41, 5.74) is 0. The van der Waals surface area contributed by atoms with E-state index in [0.717, 1.165) is 71.5 Å². The maximum atomic E-state index is 12.8. The van der Waals surface area contributed by atoms with Gasteiger partial charge < -0.3 is 14.4 Å². The number of carbonyl (C=O) groups excluding carboxylic acids is 1. The normalized spacial score (nSPS) is 26.5. The highest BCUT2D eigenvalue weighted by molar-refractivity contribution is 5.81. The van der Waals surface area contributed by atoms with Crippen LogP contribution in [0.2, 0.25) is 0 Å². The van der Waals surface area contributed by atoms with E-state index in [-0.39, 0.29) is 12.0 Å². The van der Waals surface area contributed by atoms with Gasteiger partial charge >= 0.3 is 0 Å². The van der Waals surface area contributed by atoms with Gasteiger partial charge in [-0.25, -0.2) is 0 Å². The number of rotatable bonds is 5. The Bertz CT molecular complexity index is 384. The van der Waals surface area contributed by atoms with E-state index < -0.39 is 0 Å². The molecule has 0 aromatic heterocycles. The van der Waals surface area contributed by atoms with E-state index in [4.69, 9.17) is 9.47 Å². The maximum absolute atomic E-state index is 12.8. The average molecular weight is 338 g/mol. The van der Waals surface area contributed by atoms with Crippen LogP contribution in [0.4, 0.5) is 0 Å². The second-order valence-electron chi connectivity index (χ2n) is 7.50. The summed E-state index contributed by atoms with van der Waals surface area (Å²) in [6.45, 7) is 7.53. The lowest BCUT2D eigenvalue weighted by molar-refractivity contribution is -0.151. The first-order valence-electron chi connectivity index (χ1n) is 10.0. The minimum Gasteiger partial charge on any atom is -0.381 e. The van der Waals surface area contributed by atoms with E-state index in [9.17, 15) is 4.79 Å². The smallest absolute Gasteiger partial charge is 0.251 e. The number of hydrogen-bond donors (Lipinski definition) is 0. The van der Waals surface area contributed by atoms with Crippen LogP contribution in [0.15, 0.2) is 0 Å². The van der Waals surface area contributed by atoms with Gasteiger partial charge in [-0.05, 0) is 32.1 Å². The van der Waals surface area contributed by atoms with Crippen molar-refractivity contribution >= 4 is 5.91 Å². The zero-order valence-electron chi connectivity index (χ0n) is 15.3. The van der Waals surface area contributed by atoms with Gasteiger partial charge in [0, 0.05) is 45.4 Å². The zero-order valence-corrected chi connectivity index (χ0v) is 15.3. The largest absolute Gasteiger partial charge is 0.381 e. The van der Waals surface area contributed by atoms with Crippen molar-refractivity contribution < 1.29 is 14.3 Å². The van der Waals surface area contributed by atoms with Gasteiger partial charge in [0.05, 0.1) is 6.10 Å². The molecule has 2 heterocycles. The number of hydrogen-bond acceptors (Lipinski definition) is 4. The summed E-state index contributed by atoms with van der Waals surface area (Å²) >= 11 is 0. The molecule has 138 valence electrons. The predicted octanol–water partition coefficient (Wildman–Crippen LogP) is 2.44. The lowest BCUT2D eigenvalue weighted by Crippen LogP contribution is -2.55. The molecule has 2 aliphatic heterocycles. The first-order valence-corrected chi connectivity index (χ1v) is 10.0. The fourth-order valence-electron chi connectivity index (χ4n) is 4.32. The molecule has 0 radical (unpaired) electrons. The van der Waals surface area contributed by atoms with Gasteiger partial charge in [-0.1, -0.05) is 26.2 Å². The summed E-state index contributed by atoms with van der Waals surface area (Å²) in [7, 11) is 0. The van der Waals surface area contributed by atoms with Gasteiger partial charge in [0.25, 0.3) is 5.91 Å². The third-order valence-electron chi connectivity index (χ3n) is 5.89. The Kier molecular flexibility index (Phi) is 6.93. The van der Waals surface area contributed by atoms with E-state index in [2.05, 4.69) is 11.8 Å². The van der Waals surface area contributed by atoms with Gasteiger partial charge in [0.1, 0.15) is 6.10 Å². The van der Waals surface area contributed by atoms with E-state index in [1.165, 1.54) is 19.3 Å². The summed E-state index contributed by atoms with van der Waals surface area (Å²) in [6.07, 6.45) is 9.20. The topological polar surface area (TPSA) is 42.0 Å². The first kappa shape index (κ1) is 18.2. The molecule has 0 aromatic rings. The lowest BCUT2D eigenvalue weighted by atomic mass is 9.97. The van der Waals surface area contributed by atoms with Crippen LogP contribution < -0.4 is 0 Å². The van der Waals surface area contributed by atoms with Crippen LogP contribution in [0.5, 0.6) is 0 Å². The molecule has 0 bridgehead atoms. The van der Waals surface area contributed by atoms with Crippen LogP contribution in [0, 0.1) is 0 Å². The summed E-state index contributed by atoms with van der Waals surface area (Å²) in [4.78, 5) is 17.4. The van der Waals surface area contributed by atoms with Crippen LogP contribution >= 0.6 is 0 Å². The highest BCUT2D eigenvalue weighted by Gasteiger charge is 2.31. The Labute approximate surface area is 146 Å². The molecule has 3 rings (SSSR count). The van der Waals surface area contributed by atoms with Crippen molar-refractivity contribution in [2.75, 3.05) is 39.4 Å². The standard InChI is InChI=1S/C19H34N2O3/c1-2-18(24-17-6-4-3-5-7-17)19(22)21-12-10-20(11-13-21)16-8-14-23-15-9-16/h16-18H,2-15H2,1H3/t18-/m1/s1. The number of nitrogens with zero attached hydrogens (tertiary/aromatic N) is 2. The molecular formula is C19H34N2O3. The Hall–Kier alpha value is -0.650. The molecule has 24 heavy (non-hydrogen) atoms. The van der Waals surface area contributed by atoms with Gasteiger partial charge in [-0.3, -0.25) is 9.69 Å². The highest BCUT2D eigenvalue weighted by Crippen LogP contribution is 2.23. The van der Waals surface area contributed by atoms with Crippen molar-refractivity contribution in [1.29, 1.82) is 0 Å². The molecule has 0 N–H and O–H groups in total. The predicted molar refractivity (Wildman–Crippen MR) is 94.0 cm³/mol. The van der Waals surface area contributed by atoms with Crippen molar-refractivity contribution in [3.63, 3.8) is 0 Å². The Morgan fingerprint density at radius 2 is 1.71 bits per heavy atom. The first-order chi connectivity index (χ1) is 11.8. The Balaban J connectivity index is 1.45. The molecule has 2 saturated heterocycles. The maximum Gasteiger partial charge on any atom is 0.251 e. The second-order valence-corrected chi connectivity index (χ2v) is 7.50. The Morgan fingerprint density at radius 3 is 2.33 bits per heavy atom. The molecular weight excluding hydrogens is 304 g/mol. The van der Waals surface area contributed by atoms with E-state index >= 15 is 0 Å². The molecule has 3 aliphatic rings. The molecule has 3 fully saturated rings. The van der Waals surface area contributed by atoms with Crippen LogP contribution in [0.3, 0.4) is 0 Å². The average Bonchev–Trinajstić information content (AvgIpc) is 2.67. The molecule has 1 amide bonds. The van der Waals surface area contributed by atoms with Crippen molar-refractivity contribution in [3.05, 3.63) is 0 Å². The van der Waals surface area contributed by atoms with Crippen molar-refractivity contribution in [2.24, 2.45) is 0 Å². The summed E-state index contributed by atoms with van der Waals surface area (Å²) in [5.74, 6) is 0.217. The molecule has 0 unspecified atom stereocenters. The number of piperazine rings is 1. The third kappa shape index (κ3) is 4.70. The fraction of sp³-hybridized carbons (Fsp3) is 0.947. The van der Waals surface area contributed by atoms with Crippen LogP contribution in [-0.4, -0.2) is 73.3 Å². The molecule has 1 aliphatic carbocycles. The van der Waals surface area contributed by atoms with Crippen LogP contribution in [0.1, 0.15) is 58.3 Å². The number of ether oxygens (including phenoxy) is 2. The minimum atomic E-state index is -0.234. The summed E-state index contributed by atoms with van der Waals surface area (Å²) < 4.78 is 11.6. The van der Waals surface area contributed by atoms with Gasteiger partial charge in [0.15, 0.2) is 0 Å². The van der Waals surface area contributed by atoms with Crippen molar-refractivity contribution in [2.45, 2.75) is 76.5 Å². The molecule has 5 heteroatoms. The zero-order chi connectivity index (χ0) is 16.8. The third-order valence-corrected chi connectivity index (χ3v) is 5.89. The van der Waals surface area contributed by atoms with Crippen LogP contribution in [-0.2, 0) is 14.3 Å².